The van der Waals surface area contributed by atoms with Crippen LogP contribution in [0.25, 0.3) is 0 Å². The first kappa shape index (κ1) is 17.0. The zero-order chi connectivity index (χ0) is 15.5. The van der Waals surface area contributed by atoms with Gasteiger partial charge >= 0.3 is 0 Å². The molecule has 0 aliphatic rings. The summed E-state index contributed by atoms with van der Waals surface area (Å²) in [6, 6.07) is 7.51. The fourth-order valence-electron chi connectivity index (χ4n) is 1.71. The second-order valence-electron chi connectivity index (χ2n) is 4.40. The van der Waals surface area contributed by atoms with Gasteiger partial charge in [-0.25, -0.2) is 0 Å². The van der Waals surface area contributed by atoms with E-state index in [1.165, 1.54) is 0 Å². The Bertz CT molecular complexity index is 457. The third-order valence-corrected chi connectivity index (χ3v) is 2.84. The predicted molar refractivity (Wildman–Crippen MR) is 84.5 cm³/mol. The second kappa shape index (κ2) is 9.77. The molecule has 1 rings (SSSR count). The van der Waals surface area contributed by atoms with Gasteiger partial charge in [-0.1, -0.05) is 12.1 Å². The smallest absolute Gasteiger partial charge is 0.251 e. The molecule has 1 amide bonds. The van der Waals surface area contributed by atoms with Gasteiger partial charge in [0.2, 0.25) is 0 Å². The highest BCUT2D eigenvalue weighted by atomic mass is 16.5. The maximum Gasteiger partial charge on any atom is 0.251 e. The van der Waals surface area contributed by atoms with Crippen molar-refractivity contribution in [3.63, 3.8) is 0 Å². The number of hydrogen-bond acceptors (Lipinski definition) is 3. The number of carbonyl (C=O) groups excluding carboxylic acids is 1. The minimum absolute atomic E-state index is 0.0472. The van der Waals surface area contributed by atoms with Crippen LogP contribution >= 0.6 is 0 Å². The molecule has 0 aliphatic carbocycles. The molecule has 21 heavy (non-hydrogen) atoms. The molecule has 0 saturated heterocycles. The van der Waals surface area contributed by atoms with Gasteiger partial charge in [0.25, 0.3) is 5.91 Å². The van der Waals surface area contributed by atoms with Crippen LogP contribution in [0.15, 0.2) is 29.3 Å². The monoisotopic (exact) mass is 292 g/mol. The van der Waals surface area contributed by atoms with Crippen LogP contribution in [-0.2, 0) is 11.3 Å². The first-order chi connectivity index (χ1) is 10.2. The van der Waals surface area contributed by atoms with E-state index in [9.17, 15) is 4.79 Å². The van der Waals surface area contributed by atoms with E-state index in [2.05, 4.69) is 20.9 Å². The quantitative estimate of drug-likeness (QED) is 0.394. The Kier molecular flexibility index (Phi) is 7.89. The van der Waals surface area contributed by atoms with Crippen LogP contribution in [0.4, 0.5) is 0 Å². The summed E-state index contributed by atoms with van der Waals surface area (Å²) in [5, 5.41) is 9.11. The molecule has 0 heterocycles. The van der Waals surface area contributed by atoms with Gasteiger partial charge in [0.15, 0.2) is 5.96 Å². The molecule has 0 spiro atoms. The number of rotatable bonds is 7. The van der Waals surface area contributed by atoms with Crippen molar-refractivity contribution in [1.82, 2.24) is 16.0 Å². The Morgan fingerprint density at radius 1 is 1.19 bits per heavy atom. The number of guanidine groups is 1. The summed E-state index contributed by atoms with van der Waals surface area (Å²) in [5.74, 6) is 0.675. The van der Waals surface area contributed by atoms with E-state index in [-0.39, 0.29) is 5.91 Å². The molecule has 0 aliphatic heterocycles. The van der Waals surface area contributed by atoms with Crippen LogP contribution in [0, 0.1) is 0 Å². The van der Waals surface area contributed by atoms with Crippen molar-refractivity contribution in [1.29, 1.82) is 0 Å². The van der Waals surface area contributed by atoms with Gasteiger partial charge in [-0.15, -0.1) is 0 Å². The minimum atomic E-state index is -0.0472. The molecule has 1 aromatic rings. The normalized spacial score (nSPS) is 11.1. The lowest BCUT2D eigenvalue weighted by Gasteiger charge is -2.11. The van der Waals surface area contributed by atoms with Gasteiger partial charge in [0, 0.05) is 39.4 Å². The highest BCUT2D eigenvalue weighted by Crippen LogP contribution is 2.04. The zero-order valence-corrected chi connectivity index (χ0v) is 12.9. The van der Waals surface area contributed by atoms with Crippen molar-refractivity contribution in [2.45, 2.75) is 13.5 Å². The Balaban J connectivity index is 2.46. The first-order valence-corrected chi connectivity index (χ1v) is 7.01. The van der Waals surface area contributed by atoms with Crippen LogP contribution in [0.2, 0.25) is 0 Å². The third-order valence-electron chi connectivity index (χ3n) is 2.84. The van der Waals surface area contributed by atoms with Crippen LogP contribution in [0.1, 0.15) is 22.8 Å². The maximum absolute atomic E-state index is 11.6. The number of ether oxygens (including phenoxy) is 1. The fourth-order valence-corrected chi connectivity index (χ4v) is 1.71. The standard InChI is InChI=1S/C15H24N4O2/c1-4-17-14(20)13-7-5-12(6-8-13)11-19-15(16-2)18-9-10-21-3/h5-8H,4,9-11H2,1-3H3,(H,17,20)(H2,16,18,19). The Labute approximate surface area is 126 Å². The second-order valence-corrected chi connectivity index (χ2v) is 4.40. The average Bonchev–Trinajstić information content (AvgIpc) is 2.51. The van der Waals surface area contributed by atoms with E-state index >= 15 is 0 Å². The molecule has 1 aromatic carbocycles. The highest BCUT2D eigenvalue weighted by Gasteiger charge is 2.03. The number of aliphatic imine (C=N–C) groups is 1. The molecule has 0 bridgehead atoms. The fraction of sp³-hybridized carbons (Fsp3) is 0.467. The maximum atomic E-state index is 11.6. The van der Waals surface area contributed by atoms with Gasteiger partial charge in [0.05, 0.1) is 6.61 Å². The molecule has 0 aromatic heterocycles. The van der Waals surface area contributed by atoms with Gasteiger partial charge in [-0.05, 0) is 24.6 Å². The number of methoxy groups -OCH3 is 1. The number of benzene rings is 1. The van der Waals surface area contributed by atoms with E-state index in [4.69, 9.17) is 4.74 Å². The molecular weight excluding hydrogens is 268 g/mol. The topological polar surface area (TPSA) is 74.8 Å². The lowest BCUT2D eigenvalue weighted by atomic mass is 10.1. The van der Waals surface area contributed by atoms with E-state index in [0.717, 1.165) is 11.5 Å². The largest absolute Gasteiger partial charge is 0.383 e. The molecule has 6 heteroatoms. The Morgan fingerprint density at radius 2 is 1.90 bits per heavy atom. The molecule has 0 fully saturated rings. The number of carbonyl (C=O) groups is 1. The lowest BCUT2D eigenvalue weighted by Crippen LogP contribution is -2.38. The van der Waals surface area contributed by atoms with Crippen molar-refractivity contribution in [2.75, 3.05) is 33.9 Å². The van der Waals surface area contributed by atoms with Crippen LogP contribution in [0.3, 0.4) is 0 Å². The van der Waals surface area contributed by atoms with E-state index in [1.54, 1.807) is 14.2 Å². The van der Waals surface area contributed by atoms with Crippen LogP contribution in [0.5, 0.6) is 0 Å². The molecule has 3 N–H and O–H groups in total. The van der Waals surface area contributed by atoms with Crippen molar-refractivity contribution in [3.8, 4) is 0 Å². The van der Waals surface area contributed by atoms with Crippen molar-refractivity contribution in [2.24, 2.45) is 4.99 Å². The lowest BCUT2D eigenvalue weighted by molar-refractivity contribution is 0.0956. The molecule has 6 nitrogen and oxygen atoms in total. The molecule has 0 saturated carbocycles. The van der Waals surface area contributed by atoms with Crippen LogP contribution < -0.4 is 16.0 Å². The van der Waals surface area contributed by atoms with Gasteiger partial charge in [0.1, 0.15) is 0 Å². The Hall–Kier alpha value is -2.08. The number of hydrogen-bond donors (Lipinski definition) is 3. The molecule has 116 valence electrons. The highest BCUT2D eigenvalue weighted by molar-refractivity contribution is 5.94. The first-order valence-electron chi connectivity index (χ1n) is 7.01. The SMILES string of the molecule is CCNC(=O)c1ccc(CNC(=NC)NCCOC)cc1. The molecular formula is C15H24N4O2. The predicted octanol–water partition coefficient (Wildman–Crippen LogP) is 0.748. The van der Waals surface area contributed by atoms with Crippen molar-refractivity contribution in [3.05, 3.63) is 35.4 Å². The van der Waals surface area contributed by atoms with Gasteiger partial charge in [-0.3, -0.25) is 9.79 Å². The zero-order valence-electron chi connectivity index (χ0n) is 12.9. The van der Waals surface area contributed by atoms with E-state index in [1.807, 2.05) is 31.2 Å². The van der Waals surface area contributed by atoms with Gasteiger partial charge < -0.3 is 20.7 Å². The number of nitrogens with one attached hydrogen (secondary N) is 3. The van der Waals surface area contributed by atoms with Crippen molar-refractivity contribution < 1.29 is 9.53 Å². The average molecular weight is 292 g/mol. The number of nitrogens with zero attached hydrogens (tertiary/aromatic N) is 1. The van der Waals surface area contributed by atoms with E-state index in [0.29, 0.717) is 31.8 Å². The summed E-state index contributed by atoms with van der Waals surface area (Å²) in [6.45, 7) is 4.50. The van der Waals surface area contributed by atoms with Gasteiger partial charge in [-0.2, -0.15) is 0 Å². The molecule has 0 atom stereocenters. The summed E-state index contributed by atoms with van der Waals surface area (Å²) in [6.07, 6.45) is 0. The minimum Gasteiger partial charge on any atom is -0.383 e. The summed E-state index contributed by atoms with van der Waals surface area (Å²) in [7, 11) is 3.38. The summed E-state index contributed by atoms with van der Waals surface area (Å²) < 4.78 is 4.97. The van der Waals surface area contributed by atoms with E-state index < -0.39 is 0 Å². The number of amides is 1. The summed E-state index contributed by atoms with van der Waals surface area (Å²) >= 11 is 0. The molecule has 0 unspecified atom stereocenters. The van der Waals surface area contributed by atoms with Crippen LogP contribution in [-0.4, -0.2) is 45.7 Å². The third kappa shape index (κ3) is 6.27. The Morgan fingerprint density at radius 3 is 2.48 bits per heavy atom. The summed E-state index contributed by atoms with van der Waals surface area (Å²) in [4.78, 5) is 15.8. The van der Waals surface area contributed by atoms with Crippen molar-refractivity contribution >= 4 is 11.9 Å². The molecule has 0 radical (unpaired) electrons. The summed E-state index contributed by atoms with van der Waals surface area (Å²) in [5.41, 5.74) is 1.75.